The Kier molecular flexibility index (Phi) is 4.63. The molecule has 2 aromatic rings. The molecule has 0 fully saturated rings. The Morgan fingerprint density at radius 1 is 1.12 bits per heavy atom. The second kappa shape index (κ2) is 6.58. The second-order valence-electron chi connectivity index (χ2n) is 8.22. The zero-order valence-corrected chi connectivity index (χ0v) is 15.9. The van der Waals surface area contributed by atoms with Gasteiger partial charge in [0.15, 0.2) is 0 Å². The molecule has 1 unspecified atom stereocenters. The lowest BCUT2D eigenvalue weighted by atomic mass is 9.96. The smallest absolute Gasteiger partial charge is 0.318 e. The van der Waals surface area contributed by atoms with Crippen molar-refractivity contribution in [1.82, 2.24) is 14.8 Å². The van der Waals surface area contributed by atoms with Crippen LogP contribution in [0.25, 0.3) is 0 Å². The van der Waals surface area contributed by atoms with Crippen LogP contribution >= 0.6 is 0 Å². The lowest BCUT2D eigenvalue weighted by Crippen LogP contribution is -2.52. The molecule has 134 valence electrons. The molecular weight excluding hydrogens is 310 g/mol. The summed E-state index contributed by atoms with van der Waals surface area (Å²) in [6.07, 6.45) is 2.10. The van der Waals surface area contributed by atoms with E-state index in [1.54, 1.807) is 0 Å². The van der Waals surface area contributed by atoms with E-state index in [4.69, 9.17) is 0 Å². The molecule has 2 amide bonds. The summed E-state index contributed by atoms with van der Waals surface area (Å²) in [6.45, 7) is 12.0. The van der Waals surface area contributed by atoms with Crippen LogP contribution in [0.2, 0.25) is 0 Å². The maximum Gasteiger partial charge on any atom is 0.318 e. The highest BCUT2D eigenvalue weighted by Crippen LogP contribution is 2.33. The van der Waals surface area contributed by atoms with Crippen LogP contribution in [0.4, 0.5) is 4.79 Å². The summed E-state index contributed by atoms with van der Waals surface area (Å²) < 4.78 is 2.25. The van der Waals surface area contributed by atoms with Crippen molar-refractivity contribution in [2.24, 2.45) is 0 Å². The van der Waals surface area contributed by atoms with Crippen LogP contribution in [-0.4, -0.2) is 27.6 Å². The number of amides is 2. The molecule has 0 saturated carbocycles. The summed E-state index contributed by atoms with van der Waals surface area (Å²) in [7, 11) is 0. The summed E-state index contributed by atoms with van der Waals surface area (Å²) in [5.41, 5.74) is 3.41. The lowest BCUT2D eigenvalue weighted by Gasteiger charge is -2.39. The number of nitrogens with one attached hydrogen (secondary N) is 1. The van der Waals surface area contributed by atoms with Gasteiger partial charge in [-0.05, 0) is 49.9 Å². The number of carbonyl (C=O) groups is 1. The van der Waals surface area contributed by atoms with E-state index in [9.17, 15) is 4.79 Å². The molecule has 4 nitrogen and oxygen atoms in total. The van der Waals surface area contributed by atoms with Crippen LogP contribution in [0.5, 0.6) is 0 Å². The topological polar surface area (TPSA) is 37.3 Å². The van der Waals surface area contributed by atoms with Crippen LogP contribution in [0, 0.1) is 0 Å². The minimum atomic E-state index is -0.247. The average Bonchev–Trinajstić information content (AvgIpc) is 3.00. The third-order valence-electron chi connectivity index (χ3n) is 4.70. The Morgan fingerprint density at radius 2 is 1.80 bits per heavy atom. The molecule has 1 N–H and O–H groups in total. The molecular formula is C21H29N3O. The van der Waals surface area contributed by atoms with E-state index >= 15 is 0 Å². The fourth-order valence-electron chi connectivity index (χ4n) is 3.41. The van der Waals surface area contributed by atoms with Crippen LogP contribution in [0.1, 0.15) is 63.4 Å². The van der Waals surface area contributed by atoms with Crippen molar-refractivity contribution in [2.75, 3.05) is 6.54 Å². The van der Waals surface area contributed by atoms with Crippen molar-refractivity contribution < 1.29 is 4.79 Å². The summed E-state index contributed by atoms with van der Waals surface area (Å²) in [4.78, 5) is 14.9. The molecule has 1 aliphatic heterocycles. The number of hydrogen-bond donors (Lipinski definition) is 1. The third kappa shape index (κ3) is 3.73. The van der Waals surface area contributed by atoms with Gasteiger partial charge in [-0.1, -0.05) is 38.1 Å². The number of aromatic nitrogens is 1. The van der Waals surface area contributed by atoms with Gasteiger partial charge >= 0.3 is 6.03 Å². The molecule has 0 aliphatic carbocycles. The predicted octanol–water partition coefficient (Wildman–Crippen LogP) is 4.52. The summed E-state index contributed by atoms with van der Waals surface area (Å²) in [5.74, 6) is 0.504. The number of benzene rings is 1. The molecule has 25 heavy (non-hydrogen) atoms. The first kappa shape index (κ1) is 17.6. The van der Waals surface area contributed by atoms with Crippen molar-refractivity contribution in [2.45, 2.75) is 58.7 Å². The number of hydrogen-bond acceptors (Lipinski definition) is 1. The SMILES string of the molecule is CC(C)c1ccc(C2c3cccn3CCN2C(=O)NC(C)(C)C)cc1. The summed E-state index contributed by atoms with van der Waals surface area (Å²) in [5, 5.41) is 3.12. The van der Waals surface area contributed by atoms with Gasteiger partial charge in [-0.2, -0.15) is 0 Å². The lowest BCUT2D eigenvalue weighted by molar-refractivity contribution is 0.161. The van der Waals surface area contributed by atoms with Gasteiger partial charge in [0.2, 0.25) is 0 Å². The van der Waals surface area contributed by atoms with Gasteiger partial charge in [0.05, 0.1) is 6.04 Å². The zero-order valence-electron chi connectivity index (χ0n) is 15.9. The minimum absolute atomic E-state index is 0.00196. The second-order valence-corrected chi connectivity index (χ2v) is 8.22. The first-order chi connectivity index (χ1) is 11.8. The van der Waals surface area contributed by atoms with Crippen molar-refractivity contribution in [1.29, 1.82) is 0 Å². The van der Waals surface area contributed by atoms with E-state index in [0.29, 0.717) is 12.5 Å². The van der Waals surface area contributed by atoms with Crippen LogP contribution < -0.4 is 5.32 Å². The van der Waals surface area contributed by atoms with Gasteiger partial charge in [0, 0.05) is 30.5 Å². The molecule has 0 bridgehead atoms. The van der Waals surface area contributed by atoms with Crippen molar-refractivity contribution >= 4 is 6.03 Å². The predicted molar refractivity (Wildman–Crippen MR) is 102 cm³/mol. The number of nitrogens with zero attached hydrogens (tertiary/aromatic N) is 2. The highest BCUT2D eigenvalue weighted by Gasteiger charge is 2.33. The maximum atomic E-state index is 12.9. The molecule has 2 heterocycles. The van der Waals surface area contributed by atoms with Gasteiger partial charge in [0.25, 0.3) is 0 Å². The first-order valence-corrected chi connectivity index (χ1v) is 9.10. The molecule has 0 spiro atoms. The van der Waals surface area contributed by atoms with E-state index < -0.39 is 0 Å². The monoisotopic (exact) mass is 339 g/mol. The number of rotatable bonds is 2. The van der Waals surface area contributed by atoms with Gasteiger partial charge in [-0.15, -0.1) is 0 Å². The highest BCUT2D eigenvalue weighted by atomic mass is 16.2. The molecule has 3 rings (SSSR count). The highest BCUT2D eigenvalue weighted by molar-refractivity contribution is 5.76. The molecule has 1 atom stereocenters. The molecule has 0 saturated heterocycles. The standard InChI is InChI=1S/C21H29N3O/c1-15(2)16-8-10-17(11-9-16)19-18-7-6-12-23(18)13-14-24(19)20(25)22-21(3,4)5/h6-12,15,19H,13-14H2,1-5H3,(H,22,25). The van der Waals surface area contributed by atoms with E-state index in [1.807, 2.05) is 25.7 Å². The quantitative estimate of drug-likeness (QED) is 0.858. The number of carbonyl (C=O) groups excluding carboxylic acids is 1. The fraction of sp³-hybridized carbons (Fsp3) is 0.476. The molecule has 1 aliphatic rings. The number of fused-ring (bicyclic) bond motifs is 1. The fourth-order valence-corrected chi connectivity index (χ4v) is 3.41. The Balaban J connectivity index is 1.97. The van der Waals surface area contributed by atoms with Crippen LogP contribution in [-0.2, 0) is 6.54 Å². The van der Waals surface area contributed by atoms with Gasteiger partial charge in [0.1, 0.15) is 0 Å². The summed E-state index contributed by atoms with van der Waals surface area (Å²) in [6, 6.07) is 12.8. The van der Waals surface area contributed by atoms with Gasteiger partial charge in [-0.3, -0.25) is 0 Å². The molecule has 4 heteroatoms. The van der Waals surface area contributed by atoms with E-state index in [-0.39, 0.29) is 17.6 Å². The Bertz CT molecular complexity index is 737. The molecule has 0 radical (unpaired) electrons. The third-order valence-corrected chi connectivity index (χ3v) is 4.70. The Morgan fingerprint density at radius 3 is 2.40 bits per heavy atom. The molecule has 1 aromatic carbocycles. The van der Waals surface area contributed by atoms with Crippen molar-refractivity contribution in [3.8, 4) is 0 Å². The maximum absolute atomic E-state index is 12.9. The van der Waals surface area contributed by atoms with E-state index in [1.165, 1.54) is 11.3 Å². The van der Waals surface area contributed by atoms with Crippen molar-refractivity contribution in [3.63, 3.8) is 0 Å². The Labute approximate surface area is 150 Å². The zero-order chi connectivity index (χ0) is 18.2. The van der Waals surface area contributed by atoms with Crippen molar-refractivity contribution in [3.05, 3.63) is 59.4 Å². The Hall–Kier alpha value is -2.23. The van der Waals surface area contributed by atoms with Crippen LogP contribution in [0.3, 0.4) is 0 Å². The van der Waals surface area contributed by atoms with Gasteiger partial charge < -0.3 is 14.8 Å². The van der Waals surface area contributed by atoms with E-state index in [0.717, 1.165) is 12.1 Å². The normalized spacial score (nSPS) is 17.5. The van der Waals surface area contributed by atoms with Gasteiger partial charge in [-0.25, -0.2) is 4.79 Å². The number of urea groups is 1. The average molecular weight is 339 g/mol. The summed E-state index contributed by atoms with van der Waals surface area (Å²) >= 11 is 0. The first-order valence-electron chi connectivity index (χ1n) is 9.10. The largest absolute Gasteiger partial charge is 0.348 e. The molecule has 1 aromatic heterocycles. The minimum Gasteiger partial charge on any atom is -0.348 e. The van der Waals surface area contributed by atoms with E-state index in [2.05, 4.69) is 66.3 Å². The van der Waals surface area contributed by atoms with Crippen LogP contribution in [0.15, 0.2) is 42.6 Å².